The van der Waals surface area contributed by atoms with Crippen LogP contribution in [0, 0.1) is 13.5 Å². The summed E-state index contributed by atoms with van der Waals surface area (Å²) >= 11 is 0. The Morgan fingerprint density at radius 2 is 2.03 bits per heavy atom. The fraction of sp³-hybridized carbons (Fsp3) is 0.389. The Hall–Kier alpha value is -3.10. The lowest BCUT2D eigenvalue weighted by atomic mass is 9.72. The van der Waals surface area contributed by atoms with E-state index in [-0.39, 0.29) is 16.3 Å². The van der Waals surface area contributed by atoms with Gasteiger partial charge in [0.05, 0.1) is 11.9 Å². The van der Waals surface area contributed by atoms with Gasteiger partial charge in [-0.3, -0.25) is 4.98 Å². The monoisotopic (exact) mass is 410 g/mol. The minimum Gasteiger partial charge on any atom is -0.381 e. The summed E-state index contributed by atoms with van der Waals surface area (Å²) in [6.45, 7) is 9.13. The summed E-state index contributed by atoms with van der Waals surface area (Å²) in [5, 5.41) is 4.17. The van der Waals surface area contributed by atoms with Crippen molar-refractivity contribution in [3.05, 3.63) is 41.9 Å². The summed E-state index contributed by atoms with van der Waals surface area (Å²) in [4.78, 5) is 16.2. The van der Waals surface area contributed by atoms with E-state index in [0.717, 1.165) is 6.42 Å². The number of nitrogens with one attached hydrogen (secondary N) is 1. The van der Waals surface area contributed by atoms with Crippen LogP contribution in [-0.4, -0.2) is 44.1 Å². The Labute approximate surface area is 167 Å². The summed E-state index contributed by atoms with van der Waals surface area (Å²) in [5.74, 6) is 0.232. The summed E-state index contributed by atoms with van der Waals surface area (Å²) in [6.07, 6.45) is 6.79. The van der Waals surface area contributed by atoms with Crippen LogP contribution in [0.2, 0.25) is 0 Å². The van der Waals surface area contributed by atoms with Gasteiger partial charge in [0.15, 0.2) is 11.5 Å². The molecular formula is C18H18N8O2S. The number of nitrogens with two attached hydrogens (primary N) is 1. The maximum Gasteiger partial charge on any atom is 0.242 e. The molecule has 0 radical (unpaired) electrons. The number of imidazole rings is 1. The first-order chi connectivity index (χ1) is 13.8. The Balaban J connectivity index is 1.53. The molecule has 0 spiro atoms. The summed E-state index contributed by atoms with van der Waals surface area (Å²) in [7, 11) is -3.79. The average Bonchev–Trinajstić information content (AvgIpc) is 3.33. The molecular weight excluding hydrogens is 392 g/mol. The number of aryl methyl sites for hydroxylation is 1. The fourth-order valence-corrected chi connectivity index (χ4v) is 5.97. The molecule has 0 aromatic carbocycles. The maximum atomic E-state index is 13.1. The van der Waals surface area contributed by atoms with E-state index >= 15 is 0 Å². The molecule has 0 atom stereocenters. The third kappa shape index (κ3) is 2.60. The van der Waals surface area contributed by atoms with Gasteiger partial charge in [0, 0.05) is 42.3 Å². The largest absolute Gasteiger partial charge is 0.381 e. The summed E-state index contributed by atoms with van der Waals surface area (Å²) in [6, 6.07) is 1.57. The highest BCUT2D eigenvalue weighted by Crippen LogP contribution is 2.57. The van der Waals surface area contributed by atoms with E-state index in [1.165, 1.54) is 17.0 Å². The minimum absolute atomic E-state index is 0.0664. The van der Waals surface area contributed by atoms with Gasteiger partial charge in [-0.1, -0.05) is 0 Å². The van der Waals surface area contributed by atoms with Gasteiger partial charge < -0.3 is 10.6 Å². The van der Waals surface area contributed by atoms with Gasteiger partial charge >= 0.3 is 0 Å². The molecule has 0 amide bonds. The lowest BCUT2D eigenvalue weighted by Gasteiger charge is -2.39. The highest BCUT2D eigenvalue weighted by atomic mass is 32.2. The second-order valence-corrected chi connectivity index (χ2v) is 9.59. The smallest absolute Gasteiger partial charge is 0.242 e. The van der Waals surface area contributed by atoms with Gasteiger partial charge in [-0.05, 0) is 19.4 Å². The van der Waals surface area contributed by atoms with Gasteiger partial charge in [-0.2, -0.15) is 5.10 Å². The van der Waals surface area contributed by atoms with Gasteiger partial charge in [0.25, 0.3) is 0 Å². The van der Waals surface area contributed by atoms with Crippen molar-refractivity contribution in [3.63, 3.8) is 0 Å². The number of hydrogen-bond acceptors (Lipinski definition) is 7. The van der Waals surface area contributed by atoms with Crippen LogP contribution in [-0.2, 0) is 10.0 Å². The van der Waals surface area contributed by atoms with E-state index in [0.29, 0.717) is 41.9 Å². The Kier molecular flexibility index (Phi) is 3.54. The van der Waals surface area contributed by atoms with Crippen LogP contribution < -0.4 is 10.5 Å². The standard InChI is InChI=1S/C18H18N8O2S/c1-11-13(14-7-22-16-15(19)23-10-24-26(14)16)5-12(6-21-11)29(27,28)25-18-4-3-17(8-18,9-18)20-2/h5-7,10,25H,3-4,8-9H2,1H3,(H2,19,23,24). The Morgan fingerprint density at radius 1 is 1.24 bits per heavy atom. The second kappa shape index (κ2) is 5.71. The van der Waals surface area contributed by atoms with Crippen molar-refractivity contribution in [2.45, 2.75) is 48.6 Å². The second-order valence-electron chi connectivity index (χ2n) is 7.90. The molecule has 3 aliphatic rings. The van der Waals surface area contributed by atoms with Gasteiger partial charge in [-0.25, -0.2) is 34.2 Å². The van der Waals surface area contributed by atoms with E-state index in [1.54, 1.807) is 19.2 Å². The zero-order valence-corrected chi connectivity index (χ0v) is 16.4. The Bertz CT molecular complexity index is 1300. The molecule has 0 aliphatic heterocycles. The van der Waals surface area contributed by atoms with Crippen molar-refractivity contribution in [3.8, 4) is 11.3 Å². The number of aromatic nitrogens is 5. The van der Waals surface area contributed by atoms with Crippen LogP contribution in [0.3, 0.4) is 0 Å². The number of sulfonamides is 1. The number of nitrogens with zero attached hydrogens (tertiary/aromatic N) is 6. The molecule has 3 heterocycles. The maximum absolute atomic E-state index is 13.1. The van der Waals surface area contributed by atoms with E-state index < -0.39 is 15.6 Å². The summed E-state index contributed by atoms with van der Waals surface area (Å²) < 4.78 is 30.5. The van der Waals surface area contributed by atoms with Crippen molar-refractivity contribution in [1.29, 1.82) is 0 Å². The molecule has 2 bridgehead atoms. The first kappa shape index (κ1) is 18.0. The lowest BCUT2D eigenvalue weighted by molar-refractivity contribution is 0.218. The third-order valence-electron chi connectivity index (χ3n) is 5.97. The number of anilines is 1. The van der Waals surface area contributed by atoms with E-state index in [2.05, 4.69) is 29.6 Å². The predicted molar refractivity (Wildman–Crippen MR) is 104 cm³/mol. The summed E-state index contributed by atoms with van der Waals surface area (Å²) in [5.41, 5.74) is 7.14. The van der Waals surface area contributed by atoms with Crippen LogP contribution in [0.4, 0.5) is 5.82 Å². The highest BCUT2D eigenvalue weighted by molar-refractivity contribution is 7.89. The predicted octanol–water partition coefficient (Wildman–Crippen LogP) is 1.34. The molecule has 11 heteroatoms. The molecule has 3 saturated carbocycles. The van der Waals surface area contributed by atoms with E-state index in [4.69, 9.17) is 12.3 Å². The Morgan fingerprint density at radius 3 is 2.76 bits per heavy atom. The van der Waals surface area contributed by atoms with Crippen molar-refractivity contribution < 1.29 is 8.42 Å². The first-order valence-electron chi connectivity index (χ1n) is 9.10. The van der Waals surface area contributed by atoms with E-state index in [9.17, 15) is 8.42 Å². The zero-order valence-electron chi connectivity index (χ0n) is 15.6. The molecule has 10 nitrogen and oxygen atoms in total. The number of pyridine rings is 1. The quantitative estimate of drug-likeness (QED) is 0.620. The number of hydrogen-bond donors (Lipinski definition) is 2. The van der Waals surface area contributed by atoms with Crippen LogP contribution in [0.1, 0.15) is 31.4 Å². The van der Waals surface area contributed by atoms with Crippen molar-refractivity contribution in [1.82, 2.24) is 29.3 Å². The number of rotatable bonds is 4. The van der Waals surface area contributed by atoms with Crippen LogP contribution >= 0.6 is 0 Å². The molecule has 29 heavy (non-hydrogen) atoms. The molecule has 3 fully saturated rings. The first-order valence-corrected chi connectivity index (χ1v) is 10.6. The highest BCUT2D eigenvalue weighted by Gasteiger charge is 2.67. The van der Waals surface area contributed by atoms with Crippen LogP contribution in [0.25, 0.3) is 21.7 Å². The number of nitrogen functional groups attached to an aromatic ring is 1. The topological polar surface area (TPSA) is 133 Å². The van der Waals surface area contributed by atoms with Crippen LogP contribution in [0.5, 0.6) is 0 Å². The molecule has 3 aromatic heterocycles. The lowest BCUT2D eigenvalue weighted by Crippen LogP contribution is -2.57. The fourth-order valence-electron chi connectivity index (χ4n) is 4.57. The van der Waals surface area contributed by atoms with Crippen molar-refractivity contribution in [2.24, 2.45) is 0 Å². The molecule has 0 saturated heterocycles. The SMILES string of the molecule is [C-]#[N+]C12CCC(NS(=O)(=O)c3cnc(C)c(-c4cnc5c(N)ncnn45)c3)(C1)C2. The molecule has 6 rings (SSSR count). The molecule has 3 aromatic rings. The third-order valence-corrected chi connectivity index (χ3v) is 7.52. The number of fused-ring (bicyclic) bond motifs is 2. The molecule has 3 aliphatic carbocycles. The van der Waals surface area contributed by atoms with Crippen molar-refractivity contribution >= 4 is 21.5 Å². The van der Waals surface area contributed by atoms with Crippen molar-refractivity contribution in [2.75, 3.05) is 5.73 Å². The average molecular weight is 410 g/mol. The minimum atomic E-state index is -3.79. The molecule has 148 valence electrons. The molecule has 0 unspecified atom stereocenters. The van der Waals surface area contributed by atoms with Crippen LogP contribution in [0.15, 0.2) is 29.7 Å². The van der Waals surface area contributed by atoms with Gasteiger partial charge in [0.1, 0.15) is 11.2 Å². The van der Waals surface area contributed by atoms with Gasteiger partial charge in [0.2, 0.25) is 15.6 Å². The van der Waals surface area contributed by atoms with E-state index in [1.807, 2.05) is 0 Å². The zero-order chi connectivity index (χ0) is 20.4. The van der Waals surface area contributed by atoms with Gasteiger partial charge in [-0.15, -0.1) is 0 Å². The molecule has 3 N–H and O–H groups in total. The normalized spacial score (nSPS) is 25.7.